The molecular weight excluding hydrogens is 425 g/mol. The number of anilines is 2. The van der Waals surface area contributed by atoms with Crippen LogP contribution >= 0.6 is 0 Å². The molecule has 7 nitrogen and oxygen atoms in total. The predicted octanol–water partition coefficient (Wildman–Crippen LogP) is 3.51. The molecule has 0 aliphatic carbocycles. The summed E-state index contributed by atoms with van der Waals surface area (Å²) in [6, 6.07) is 19.5. The van der Waals surface area contributed by atoms with Crippen molar-refractivity contribution in [2.75, 3.05) is 16.8 Å². The topological polar surface area (TPSA) is 87.7 Å². The Balaban J connectivity index is 1.47. The number of benzene rings is 3. The van der Waals surface area contributed by atoms with Crippen LogP contribution in [0, 0.1) is 5.82 Å². The van der Waals surface area contributed by atoms with Gasteiger partial charge in [0.05, 0.1) is 18.8 Å². The highest BCUT2D eigenvalue weighted by atomic mass is 19.1. The Hall–Kier alpha value is -4.20. The summed E-state index contributed by atoms with van der Waals surface area (Å²) in [5.74, 6) is -0.870. The van der Waals surface area contributed by atoms with Crippen LogP contribution in [0.2, 0.25) is 0 Å². The number of carbonyl (C=O) groups excluding carboxylic acids is 3. The van der Waals surface area contributed by atoms with Crippen molar-refractivity contribution < 1.29 is 23.5 Å². The van der Waals surface area contributed by atoms with Crippen molar-refractivity contribution in [2.45, 2.75) is 19.6 Å². The second-order valence-corrected chi connectivity index (χ2v) is 7.59. The average molecular weight is 447 g/mol. The molecule has 2 N–H and O–H groups in total. The van der Waals surface area contributed by atoms with Gasteiger partial charge in [-0.3, -0.25) is 14.4 Å². The molecule has 0 aromatic heterocycles. The minimum Gasteiger partial charge on any atom is -0.479 e. The lowest BCUT2D eigenvalue weighted by Gasteiger charge is -2.33. The van der Waals surface area contributed by atoms with Crippen molar-refractivity contribution in [3.8, 4) is 5.75 Å². The molecule has 168 valence electrons. The summed E-state index contributed by atoms with van der Waals surface area (Å²) >= 11 is 0. The minimum absolute atomic E-state index is 0.212. The van der Waals surface area contributed by atoms with Crippen LogP contribution < -0.4 is 20.3 Å². The second-order valence-electron chi connectivity index (χ2n) is 7.59. The predicted molar refractivity (Wildman–Crippen MR) is 122 cm³/mol. The first kappa shape index (κ1) is 22.0. The van der Waals surface area contributed by atoms with E-state index >= 15 is 0 Å². The lowest BCUT2D eigenvalue weighted by atomic mass is 10.1. The molecule has 3 aromatic carbocycles. The zero-order valence-electron chi connectivity index (χ0n) is 17.9. The van der Waals surface area contributed by atoms with Crippen molar-refractivity contribution in [1.82, 2.24) is 5.32 Å². The Kier molecular flexibility index (Phi) is 6.35. The molecule has 0 spiro atoms. The Morgan fingerprint density at radius 2 is 1.76 bits per heavy atom. The largest absolute Gasteiger partial charge is 0.479 e. The zero-order valence-corrected chi connectivity index (χ0v) is 17.9. The number of rotatable bonds is 6. The molecule has 8 heteroatoms. The highest BCUT2D eigenvalue weighted by Gasteiger charge is 2.31. The molecule has 3 amide bonds. The summed E-state index contributed by atoms with van der Waals surface area (Å²) in [7, 11) is 0. The number of nitrogens with zero attached hydrogens (tertiary/aromatic N) is 1. The van der Waals surface area contributed by atoms with Gasteiger partial charge in [-0.05, 0) is 55.0 Å². The summed E-state index contributed by atoms with van der Waals surface area (Å²) in [6.07, 6.45) is -0.674. The van der Waals surface area contributed by atoms with Crippen molar-refractivity contribution in [3.63, 3.8) is 0 Å². The number of nitrogens with one attached hydrogen (secondary N) is 2. The van der Waals surface area contributed by atoms with Gasteiger partial charge in [0.15, 0.2) is 6.10 Å². The molecule has 0 radical (unpaired) electrons. The third-order valence-corrected chi connectivity index (χ3v) is 5.15. The molecule has 1 heterocycles. The molecule has 1 unspecified atom stereocenters. The number of carbonyl (C=O) groups is 3. The maximum Gasteiger partial charge on any atom is 0.268 e. The first-order chi connectivity index (χ1) is 15.9. The Morgan fingerprint density at radius 3 is 2.48 bits per heavy atom. The smallest absolute Gasteiger partial charge is 0.268 e. The highest BCUT2D eigenvalue weighted by molar-refractivity contribution is 6.02. The van der Waals surface area contributed by atoms with Crippen LogP contribution in [0.15, 0.2) is 72.8 Å². The van der Waals surface area contributed by atoms with E-state index in [-0.39, 0.29) is 30.7 Å². The number of halogens is 1. The highest BCUT2D eigenvalue weighted by Crippen LogP contribution is 2.37. The molecular formula is C25H22FN3O4. The molecule has 33 heavy (non-hydrogen) atoms. The van der Waals surface area contributed by atoms with Crippen LogP contribution in [0.25, 0.3) is 0 Å². The van der Waals surface area contributed by atoms with Gasteiger partial charge >= 0.3 is 0 Å². The van der Waals surface area contributed by atoms with Crippen molar-refractivity contribution in [1.29, 1.82) is 0 Å². The van der Waals surface area contributed by atoms with E-state index in [0.717, 1.165) is 5.56 Å². The average Bonchev–Trinajstić information content (AvgIpc) is 2.82. The second kappa shape index (κ2) is 9.52. The van der Waals surface area contributed by atoms with Crippen LogP contribution in [0.3, 0.4) is 0 Å². The van der Waals surface area contributed by atoms with Crippen LogP contribution in [-0.2, 0) is 16.1 Å². The van der Waals surface area contributed by atoms with Crippen molar-refractivity contribution in [3.05, 3.63) is 89.7 Å². The molecule has 1 atom stereocenters. The number of hydrogen-bond acceptors (Lipinski definition) is 4. The maximum atomic E-state index is 13.3. The van der Waals surface area contributed by atoms with Gasteiger partial charge in [0.1, 0.15) is 11.6 Å². The standard InChI is InChI=1S/C25H22FN3O4/c1-16-25(32)29(15-17-7-9-19(26)10-8-17)21-13-20(11-12-22(21)33-16)28-23(30)14-27-24(31)18-5-3-2-4-6-18/h2-13,16H,14-15H2,1H3,(H,27,31)(H,28,30). The van der Waals surface area contributed by atoms with Crippen LogP contribution in [0.1, 0.15) is 22.8 Å². The third-order valence-electron chi connectivity index (χ3n) is 5.15. The summed E-state index contributed by atoms with van der Waals surface area (Å²) in [5, 5.41) is 5.29. The number of hydrogen-bond donors (Lipinski definition) is 2. The lowest BCUT2D eigenvalue weighted by molar-refractivity contribution is -0.125. The van der Waals surface area contributed by atoms with Gasteiger partial charge in [0, 0.05) is 11.3 Å². The number of fused-ring (bicyclic) bond motifs is 1. The monoisotopic (exact) mass is 447 g/mol. The van der Waals surface area contributed by atoms with E-state index in [1.165, 1.54) is 12.1 Å². The Morgan fingerprint density at radius 1 is 1.03 bits per heavy atom. The number of amides is 3. The Labute approximate surface area is 190 Å². The minimum atomic E-state index is -0.674. The first-order valence-corrected chi connectivity index (χ1v) is 10.4. The van der Waals surface area contributed by atoms with Crippen molar-refractivity contribution >= 4 is 29.1 Å². The fourth-order valence-corrected chi connectivity index (χ4v) is 3.48. The summed E-state index contributed by atoms with van der Waals surface area (Å²) < 4.78 is 19.0. The van der Waals surface area contributed by atoms with Gasteiger partial charge in [-0.25, -0.2) is 4.39 Å². The van der Waals surface area contributed by atoms with Gasteiger partial charge in [-0.2, -0.15) is 0 Å². The van der Waals surface area contributed by atoms with Gasteiger partial charge < -0.3 is 20.3 Å². The maximum absolute atomic E-state index is 13.3. The van der Waals surface area contributed by atoms with Crippen LogP contribution in [0.5, 0.6) is 5.75 Å². The number of ether oxygens (including phenoxy) is 1. The van der Waals surface area contributed by atoms with E-state index in [1.807, 2.05) is 0 Å². The van der Waals surface area contributed by atoms with E-state index in [2.05, 4.69) is 10.6 Å². The van der Waals surface area contributed by atoms with E-state index in [1.54, 1.807) is 72.5 Å². The molecule has 4 rings (SSSR count). The quantitative estimate of drug-likeness (QED) is 0.606. The summed E-state index contributed by atoms with van der Waals surface area (Å²) in [6.45, 7) is 1.68. The molecule has 0 bridgehead atoms. The van der Waals surface area contributed by atoms with E-state index in [4.69, 9.17) is 4.74 Å². The van der Waals surface area contributed by atoms with Gasteiger partial charge in [0.2, 0.25) is 5.91 Å². The lowest BCUT2D eigenvalue weighted by Crippen LogP contribution is -2.44. The zero-order chi connectivity index (χ0) is 23.4. The Bertz CT molecular complexity index is 1180. The van der Waals surface area contributed by atoms with Crippen LogP contribution in [0.4, 0.5) is 15.8 Å². The summed E-state index contributed by atoms with van der Waals surface area (Å²) in [5.41, 5.74) is 2.15. The van der Waals surface area contributed by atoms with Gasteiger partial charge in [-0.1, -0.05) is 30.3 Å². The molecule has 1 aliphatic heterocycles. The molecule has 3 aromatic rings. The van der Waals surface area contributed by atoms with Crippen LogP contribution in [-0.4, -0.2) is 30.4 Å². The fraction of sp³-hybridized carbons (Fsp3) is 0.160. The van der Waals surface area contributed by atoms with Gasteiger partial charge in [0.25, 0.3) is 11.8 Å². The normalized spacial score (nSPS) is 14.8. The third kappa shape index (κ3) is 5.17. The fourth-order valence-electron chi connectivity index (χ4n) is 3.48. The van der Waals surface area contributed by atoms with E-state index in [0.29, 0.717) is 22.7 Å². The van der Waals surface area contributed by atoms with Gasteiger partial charge in [-0.15, -0.1) is 0 Å². The van der Waals surface area contributed by atoms with E-state index < -0.39 is 12.0 Å². The van der Waals surface area contributed by atoms with Crippen molar-refractivity contribution in [2.24, 2.45) is 0 Å². The molecule has 0 saturated heterocycles. The van der Waals surface area contributed by atoms with E-state index in [9.17, 15) is 18.8 Å². The molecule has 0 fully saturated rings. The summed E-state index contributed by atoms with van der Waals surface area (Å²) in [4.78, 5) is 38.8. The molecule has 1 aliphatic rings. The SMILES string of the molecule is CC1Oc2ccc(NC(=O)CNC(=O)c3ccccc3)cc2N(Cc2ccc(F)cc2)C1=O. The molecule has 0 saturated carbocycles. The first-order valence-electron chi connectivity index (χ1n) is 10.4.